The molecular formula is C13H12F5N5O. The van der Waals surface area contributed by atoms with Gasteiger partial charge in [0.15, 0.2) is 0 Å². The van der Waals surface area contributed by atoms with Crippen molar-refractivity contribution in [2.24, 2.45) is 0 Å². The number of nitrogens with zero attached hydrogens (tertiary/aromatic N) is 3. The molecule has 24 heavy (non-hydrogen) atoms. The van der Waals surface area contributed by atoms with Crippen molar-refractivity contribution in [1.29, 1.82) is 0 Å². The normalized spacial score (nSPS) is 11.8. The van der Waals surface area contributed by atoms with Crippen molar-refractivity contribution < 1.29 is 26.7 Å². The van der Waals surface area contributed by atoms with Gasteiger partial charge >= 0.3 is 6.18 Å². The molecule has 0 aliphatic rings. The highest BCUT2D eigenvalue weighted by molar-refractivity contribution is 5.92. The number of aryl methyl sites for hydroxylation is 1. The molecule has 6 nitrogen and oxygen atoms in total. The summed E-state index contributed by atoms with van der Waals surface area (Å²) in [4.78, 5) is 19.0. The maximum Gasteiger partial charge on any atom is 0.433 e. The topological polar surface area (TPSA) is 83.6 Å². The lowest BCUT2D eigenvalue weighted by Crippen LogP contribution is -2.26. The molecule has 0 fully saturated rings. The maximum atomic E-state index is 12.7. The van der Waals surface area contributed by atoms with Crippen LogP contribution in [0.3, 0.4) is 0 Å². The lowest BCUT2D eigenvalue weighted by atomic mass is 10.3. The van der Waals surface area contributed by atoms with Crippen LogP contribution in [-0.2, 0) is 12.6 Å². The van der Waals surface area contributed by atoms with E-state index < -0.39 is 29.9 Å². The van der Waals surface area contributed by atoms with E-state index in [1.165, 1.54) is 6.92 Å². The Morgan fingerprint density at radius 2 is 2.00 bits per heavy atom. The molecule has 2 N–H and O–H groups in total. The van der Waals surface area contributed by atoms with Crippen LogP contribution in [0.1, 0.15) is 39.8 Å². The molecule has 0 saturated carbocycles. The molecule has 130 valence electrons. The standard InChI is InChI=1S/C13H12F5N5O/c1-6-4-9(13(16,17)18)21-10(20-6)2-3-19-12(24)8-5-7(11(14)15)22-23-8/h4-5,11H,2-3H2,1H3,(H,19,24)(H,22,23). The molecule has 0 aromatic carbocycles. The third kappa shape index (κ3) is 4.46. The molecule has 2 aromatic heterocycles. The van der Waals surface area contributed by atoms with Gasteiger partial charge in [-0.25, -0.2) is 18.7 Å². The molecule has 11 heteroatoms. The van der Waals surface area contributed by atoms with Crippen LogP contribution in [0.4, 0.5) is 22.0 Å². The fraction of sp³-hybridized carbons (Fsp3) is 0.385. The summed E-state index contributed by atoms with van der Waals surface area (Å²) in [6.07, 6.45) is -7.43. The average Bonchev–Trinajstić information content (AvgIpc) is 2.95. The Bertz CT molecular complexity index is 728. The maximum absolute atomic E-state index is 12.7. The monoisotopic (exact) mass is 349 g/mol. The van der Waals surface area contributed by atoms with Gasteiger partial charge in [-0.2, -0.15) is 18.3 Å². The van der Waals surface area contributed by atoms with Gasteiger partial charge in [-0.1, -0.05) is 0 Å². The fourth-order valence-corrected chi connectivity index (χ4v) is 1.83. The number of H-pyrrole nitrogens is 1. The number of hydrogen-bond acceptors (Lipinski definition) is 4. The summed E-state index contributed by atoms with van der Waals surface area (Å²) in [5, 5.41) is 7.79. The second-order valence-electron chi connectivity index (χ2n) is 4.82. The van der Waals surface area contributed by atoms with Gasteiger partial charge < -0.3 is 5.32 Å². The van der Waals surface area contributed by atoms with Gasteiger partial charge in [-0.3, -0.25) is 9.89 Å². The highest BCUT2D eigenvalue weighted by Crippen LogP contribution is 2.27. The molecule has 0 aliphatic carbocycles. The summed E-state index contributed by atoms with van der Waals surface area (Å²) in [6, 6.07) is 1.71. The number of alkyl halides is 5. The van der Waals surface area contributed by atoms with Gasteiger partial charge in [0.2, 0.25) is 0 Å². The van der Waals surface area contributed by atoms with Gasteiger partial charge in [-0.15, -0.1) is 0 Å². The first-order valence-electron chi connectivity index (χ1n) is 6.70. The van der Waals surface area contributed by atoms with E-state index in [0.717, 1.165) is 12.1 Å². The Morgan fingerprint density at radius 1 is 1.29 bits per heavy atom. The van der Waals surface area contributed by atoms with Crippen LogP contribution in [0.5, 0.6) is 0 Å². The van der Waals surface area contributed by atoms with E-state index in [9.17, 15) is 26.7 Å². The Hall–Kier alpha value is -2.59. The first-order chi connectivity index (χ1) is 11.2. The average molecular weight is 349 g/mol. The zero-order valence-corrected chi connectivity index (χ0v) is 12.3. The first-order valence-corrected chi connectivity index (χ1v) is 6.70. The lowest BCUT2D eigenvalue weighted by Gasteiger charge is -2.09. The molecule has 2 rings (SSSR count). The van der Waals surface area contributed by atoms with E-state index in [2.05, 4.69) is 20.4 Å². The molecule has 1 amide bonds. The van der Waals surface area contributed by atoms with Crippen LogP contribution >= 0.6 is 0 Å². The lowest BCUT2D eigenvalue weighted by molar-refractivity contribution is -0.141. The van der Waals surface area contributed by atoms with Gasteiger partial charge in [-0.05, 0) is 19.1 Å². The van der Waals surface area contributed by atoms with E-state index in [4.69, 9.17) is 0 Å². The molecule has 0 saturated heterocycles. The summed E-state index contributed by atoms with van der Waals surface area (Å²) in [6.45, 7) is 1.32. The summed E-state index contributed by atoms with van der Waals surface area (Å²) in [5.74, 6) is -0.820. The zero-order valence-electron chi connectivity index (χ0n) is 12.3. The number of rotatable bonds is 5. The molecule has 0 radical (unpaired) electrons. The highest BCUT2D eigenvalue weighted by atomic mass is 19.4. The second kappa shape index (κ2) is 6.89. The van der Waals surface area contributed by atoms with E-state index in [0.29, 0.717) is 0 Å². The van der Waals surface area contributed by atoms with E-state index in [-0.39, 0.29) is 30.2 Å². The first kappa shape index (κ1) is 17.8. The van der Waals surface area contributed by atoms with Crippen molar-refractivity contribution in [2.45, 2.75) is 25.9 Å². The number of nitrogens with one attached hydrogen (secondary N) is 2. The minimum Gasteiger partial charge on any atom is -0.350 e. The van der Waals surface area contributed by atoms with Gasteiger partial charge in [0.05, 0.1) is 0 Å². The van der Waals surface area contributed by atoms with Crippen molar-refractivity contribution in [3.63, 3.8) is 0 Å². The van der Waals surface area contributed by atoms with Crippen LogP contribution in [0, 0.1) is 6.92 Å². The Balaban J connectivity index is 1.96. The summed E-state index contributed by atoms with van der Waals surface area (Å²) in [7, 11) is 0. The Morgan fingerprint density at radius 3 is 2.58 bits per heavy atom. The van der Waals surface area contributed by atoms with Crippen LogP contribution in [0.25, 0.3) is 0 Å². The van der Waals surface area contributed by atoms with Gasteiger partial charge in [0, 0.05) is 18.7 Å². The smallest absolute Gasteiger partial charge is 0.350 e. The number of amides is 1. The third-order valence-electron chi connectivity index (χ3n) is 2.89. The Kier molecular flexibility index (Phi) is 5.10. The largest absolute Gasteiger partial charge is 0.433 e. The zero-order chi connectivity index (χ0) is 17.9. The van der Waals surface area contributed by atoms with E-state index in [1.807, 2.05) is 5.10 Å². The predicted octanol–water partition coefficient (Wildman–Crippen LogP) is 2.44. The third-order valence-corrected chi connectivity index (χ3v) is 2.89. The van der Waals surface area contributed by atoms with Crippen molar-refractivity contribution in [3.05, 3.63) is 40.7 Å². The molecule has 2 heterocycles. The summed E-state index contributed by atoms with van der Waals surface area (Å²) in [5.41, 5.74) is -1.67. The van der Waals surface area contributed by atoms with Crippen molar-refractivity contribution in [2.75, 3.05) is 6.54 Å². The number of halogens is 5. The number of carbonyl (C=O) groups excluding carboxylic acids is 1. The number of aromatic nitrogens is 4. The molecular weight excluding hydrogens is 337 g/mol. The molecule has 0 aliphatic heterocycles. The number of carbonyl (C=O) groups is 1. The van der Waals surface area contributed by atoms with E-state index in [1.54, 1.807) is 0 Å². The van der Waals surface area contributed by atoms with Crippen molar-refractivity contribution >= 4 is 5.91 Å². The molecule has 0 atom stereocenters. The fourth-order valence-electron chi connectivity index (χ4n) is 1.83. The summed E-state index contributed by atoms with van der Waals surface area (Å²) >= 11 is 0. The summed E-state index contributed by atoms with van der Waals surface area (Å²) < 4.78 is 62.7. The van der Waals surface area contributed by atoms with Crippen LogP contribution < -0.4 is 5.32 Å². The molecule has 0 bridgehead atoms. The second-order valence-corrected chi connectivity index (χ2v) is 4.82. The quantitative estimate of drug-likeness (QED) is 0.812. The van der Waals surface area contributed by atoms with Crippen LogP contribution in [-0.4, -0.2) is 32.6 Å². The number of aromatic amines is 1. The molecule has 0 unspecified atom stereocenters. The van der Waals surface area contributed by atoms with E-state index >= 15 is 0 Å². The van der Waals surface area contributed by atoms with Gasteiger partial charge in [0.25, 0.3) is 12.3 Å². The molecule has 2 aromatic rings. The van der Waals surface area contributed by atoms with Crippen LogP contribution in [0.15, 0.2) is 12.1 Å². The highest BCUT2D eigenvalue weighted by Gasteiger charge is 2.33. The van der Waals surface area contributed by atoms with Crippen molar-refractivity contribution in [3.8, 4) is 0 Å². The Labute approximate surface area is 132 Å². The molecule has 0 spiro atoms. The minimum atomic E-state index is -4.59. The van der Waals surface area contributed by atoms with Gasteiger partial charge in [0.1, 0.15) is 22.9 Å². The van der Waals surface area contributed by atoms with Crippen LogP contribution in [0.2, 0.25) is 0 Å². The number of hydrogen-bond donors (Lipinski definition) is 2. The SMILES string of the molecule is Cc1cc(C(F)(F)F)nc(CCNC(=O)c2cc(C(F)F)[nH]n2)n1. The van der Waals surface area contributed by atoms with Crippen molar-refractivity contribution in [1.82, 2.24) is 25.5 Å². The minimum absolute atomic E-state index is 0.0529. The predicted molar refractivity (Wildman–Crippen MR) is 71.4 cm³/mol.